The third-order valence-corrected chi connectivity index (χ3v) is 2.63. The van der Waals surface area contributed by atoms with Gasteiger partial charge >= 0.3 is 12.4 Å². The van der Waals surface area contributed by atoms with Crippen LogP contribution in [0.25, 0.3) is 0 Å². The first-order valence-electron chi connectivity index (χ1n) is 5.21. The molecule has 2 nitrogen and oxygen atoms in total. The zero-order valence-corrected chi connectivity index (χ0v) is 10.0. The molecule has 20 heavy (non-hydrogen) atoms. The Morgan fingerprint density at radius 2 is 1.55 bits per heavy atom. The molecule has 0 amide bonds. The van der Waals surface area contributed by atoms with Crippen LogP contribution < -0.4 is 10.5 Å². The van der Waals surface area contributed by atoms with E-state index in [1.807, 2.05) is 0 Å². The van der Waals surface area contributed by atoms with Gasteiger partial charge in [0, 0.05) is 0 Å². The number of hydrogen-bond donors (Lipinski definition) is 1. The van der Waals surface area contributed by atoms with Crippen LogP contribution in [-0.2, 0) is 0 Å². The lowest BCUT2D eigenvalue weighted by Crippen LogP contribution is -2.44. The Kier molecular flexibility index (Phi) is 4.52. The van der Waals surface area contributed by atoms with Crippen LogP contribution in [0.1, 0.15) is 11.6 Å². The topological polar surface area (TPSA) is 35.2 Å². The summed E-state index contributed by atoms with van der Waals surface area (Å²) in [5.41, 5.74) is 4.40. The number of halogens is 7. The summed E-state index contributed by atoms with van der Waals surface area (Å²) in [5.74, 6) is -5.18. The molecule has 0 spiro atoms. The number of benzene rings is 1. The monoisotopic (exact) mass is 305 g/mol. The van der Waals surface area contributed by atoms with Gasteiger partial charge in [0.25, 0.3) is 0 Å². The lowest BCUT2D eigenvalue weighted by atomic mass is 9.92. The largest absolute Gasteiger partial charge is 0.494 e. The highest BCUT2D eigenvalue weighted by atomic mass is 19.4. The minimum atomic E-state index is -5.59. The molecule has 114 valence electrons. The Morgan fingerprint density at radius 3 is 1.90 bits per heavy atom. The van der Waals surface area contributed by atoms with Crippen molar-refractivity contribution in [1.82, 2.24) is 0 Å². The smallest absolute Gasteiger partial charge is 0.402 e. The van der Waals surface area contributed by atoms with Crippen molar-refractivity contribution in [2.75, 3.05) is 7.11 Å². The van der Waals surface area contributed by atoms with Gasteiger partial charge in [0.1, 0.15) is 0 Å². The molecular weight excluding hydrogens is 295 g/mol. The summed E-state index contributed by atoms with van der Waals surface area (Å²) in [6.07, 6.45) is -11.2. The highest BCUT2D eigenvalue weighted by molar-refractivity contribution is 5.31. The second-order valence-corrected chi connectivity index (χ2v) is 3.98. The quantitative estimate of drug-likeness (QED) is 0.866. The van der Waals surface area contributed by atoms with Crippen molar-refractivity contribution in [2.24, 2.45) is 11.7 Å². The number of alkyl halides is 6. The van der Waals surface area contributed by atoms with Crippen LogP contribution in [0.2, 0.25) is 0 Å². The van der Waals surface area contributed by atoms with Crippen molar-refractivity contribution in [3.63, 3.8) is 0 Å². The SMILES string of the molecule is COc1ccc(C(N)C(C(F)(F)F)C(F)(F)F)cc1F. The normalized spacial score (nSPS) is 14.5. The Bertz CT molecular complexity index is 455. The molecule has 9 heteroatoms. The molecule has 0 aromatic heterocycles. The van der Waals surface area contributed by atoms with Crippen LogP contribution in [-0.4, -0.2) is 19.5 Å². The standard InChI is InChI=1S/C11H10F7NO/c1-20-7-3-2-5(4-6(7)12)8(19)9(10(13,14)15)11(16,17)18/h2-4,8-9H,19H2,1H3. The van der Waals surface area contributed by atoms with E-state index in [4.69, 9.17) is 5.73 Å². The fourth-order valence-corrected chi connectivity index (χ4v) is 1.68. The summed E-state index contributed by atoms with van der Waals surface area (Å²) in [5, 5.41) is 0. The van der Waals surface area contributed by atoms with Gasteiger partial charge in [0.2, 0.25) is 0 Å². The number of methoxy groups -OCH3 is 1. The van der Waals surface area contributed by atoms with E-state index in [1.165, 1.54) is 0 Å². The molecule has 0 bridgehead atoms. The molecule has 0 aliphatic carbocycles. The maximum atomic E-state index is 13.3. The van der Waals surface area contributed by atoms with Gasteiger partial charge in [-0.1, -0.05) is 6.07 Å². The summed E-state index contributed by atoms with van der Waals surface area (Å²) in [7, 11) is 1.10. The summed E-state index contributed by atoms with van der Waals surface area (Å²) < 4.78 is 92.7. The van der Waals surface area contributed by atoms with E-state index in [0.717, 1.165) is 19.2 Å². The third-order valence-electron chi connectivity index (χ3n) is 2.63. The van der Waals surface area contributed by atoms with Gasteiger partial charge < -0.3 is 10.5 Å². The van der Waals surface area contributed by atoms with Crippen molar-refractivity contribution >= 4 is 0 Å². The van der Waals surface area contributed by atoms with Crippen LogP contribution in [0.3, 0.4) is 0 Å². The van der Waals surface area contributed by atoms with Crippen LogP contribution in [0, 0.1) is 11.7 Å². The highest BCUT2D eigenvalue weighted by Crippen LogP contribution is 2.45. The van der Waals surface area contributed by atoms with Gasteiger partial charge in [0.05, 0.1) is 13.2 Å². The van der Waals surface area contributed by atoms with E-state index >= 15 is 0 Å². The number of rotatable bonds is 3. The molecule has 1 atom stereocenters. The Hall–Kier alpha value is -1.51. The molecule has 1 rings (SSSR count). The zero-order valence-electron chi connectivity index (χ0n) is 10.0. The molecule has 1 unspecified atom stereocenters. The van der Waals surface area contributed by atoms with E-state index in [2.05, 4.69) is 4.74 Å². The van der Waals surface area contributed by atoms with Crippen LogP contribution >= 0.6 is 0 Å². The summed E-state index contributed by atoms with van der Waals surface area (Å²) in [4.78, 5) is 0. The second-order valence-electron chi connectivity index (χ2n) is 3.98. The Balaban J connectivity index is 3.20. The van der Waals surface area contributed by atoms with E-state index < -0.39 is 35.7 Å². The second kappa shape index (κ2) is 5.47. The lowest BCUT2D eigenvalue weighted by molar-refractivity contribution is -0.290. The van der Waals surface area contributed by atoms with E-state index in [9.17, 15) is 30.7 Å². The molecule has 1 aromatic rings. The van der Waals surface area contributed by atoms with Gasteiger partial charge in [-0.25, -0.2) is 4.39 Å². The first-order valence-corrected chi connectivity index (χ1v) is 5.21. The van der Waals surface area contributed by atoms with E-state index in [-0.39, 0.29) is 5.75 Å². The average Bonchev–Trinajstić information content (AvgIpc) is 2.24. The molecule has 2 N–H and O–H groups in total. The molecule has 0 heterocycles. The molecule has 0 aliphatic rings. The first kappa shape index (κ1) is 16.5. The molecule has 0 radical (unpaired) electrons. The lowest BCUT2D eigenvalue weighted by Gasteiger charge is -2.28. The first-order chi connectivity index (χ1) is 8.98. The van der Waals surface area contributed by atoms with Crippen molar-refractivity contribution in [3.05, 3.63) is 29.6 Å². The van der Waals surface area contributed by atoms with Gasteiger partial charge in [-0.3, -0.25) is 0 Å². The van der Waals surface area contributed by atoms with Crippen LogP contribution in [0.5, 0.6) is 5.75 Å². The van der Waals surface area contributed by atoms with E-state index in [0.29, 0.717) is 6.07 Å². The van der Waals surface area contributed by atoms with Crippen molar-refractivity contribution in [3.8, 4) is 5.75 Å². The minimum absolute atomic E-state index is 0.309. The minimum Gasteiger partial charge on any atom is -0.494 e. The maximum absolute atomic E-state index is 13.3. The number of hydrogen-bond acceptors (Lipinski definition) is 2. The fraction of sp³-hybridized carbons (Fsp3) is 0.455. The molecule has 0 fully saturated rings. The summed E-state index contributed by atoms with van der Waals surface area (Å²) in [6, 6.07) is -0.199. The zero-order chi connectivity index (χ0) is 15.7. The van der Waals surface area contributed by atoms with Crippen LogP contribution in [0.15, 0.2) is 18.2 Å². The van der Waals surface area contributed by atoms with Gasteiger partial charge in [-0.2, -0.15) is 26.3 Å². The van der Waals surface area contributed by atoms with E-state index in [1.54, 1.807) is 0 Å². The van der Waals surface area contributed by atoms with Crippen molar-refractivity contribution < 1.29 is 35.5 Å². The van der Waals surface area contributed by atoms with Crippen LogP contribution in [0.4, 0.5) is 30.7 Å². The molecule has 0 saturated carbocycles. The summed E-state index contributed by atoms with van der Waals surface area (Å²) in [6.45, 7) is 0. The average molecular weight is 305 g/mol. The number of ether oxygens (including phenoxy) is 1. The highest BCUT2D eigenvalue weighted by Gasteiger charge is 2.59. The fourth-order valence-electron chi connectivity index (χ4n) is 1.68. The van der Waals surface area contributed by atoms with Crippen molar-refractivity contribution in [1.29, 1.82) is 0 Å². The Morgan fingerprint density at radius 1 is 1.05 bits per heavy atom. The number of nitrogens with two attached hydrogens (primary N) is 1. The molecule has 1 aromatic carbocycles. The maximum Gasteiger partial charge on any atom is 0.402 e. The summed E-state index contributed by atoms with van der Waals surface area (Å²) >= 11 is 0. The molecule has 0 aliphatic heterocycles. The molecule has 0 saturated heterocycles. The molecular formula is C11H10F7NO. The Labute approximate surface area is 109 Å². The van der Waals surface area contributed by atoms with Gasteiger partial charge in [0.15, 0.2) is 17.5 Å². The predicted molar refractivity (Wildman–Crippen MR) is 55.5 cm³/mol. The van der Waals surface area contributed by atoms with Gasteiger partial charge in [-0.15, -0.1) is 0 Å². The predicted octanol–water partition coefficient (Wildman–Crippen LogP) is 3.57. The van der Waals surface area contributed by atoms with Gasteiger partial charge in [-0.05, 0) is 17.7 Å². The third kappa shape index (κ3) is 3.53. The van der Waals surface area contributed by atoms with Crippen molar-refractivity contribution in [2.45, 2.75) is 18.4 Å².